The zero-order chi connectivity index (χ0) is 14.2. The second kappa shape index (κ2) is 7.75. The maximum absolute atomic E-state index is 11.6. The fraction of sp³-hybridized carbons (Fsp3) is 0.533. The maximum atomic E-state index is 11.6. The van der Waals surface area contributed by atoms with Crippen molar-refractivity contribution in [2.45, 2.75) is 25.8 Å². The summed E-state index contributed by atoms with van der Waals surface area (Å²) >= 11 is 0. The van der Waals surface area contributed by atoms with Crippen LogP contribution in [-0.4, -0.2) is 32.7 Å². The molecule has 1 heterocycles. The van der Waals surface area contributed by atoms with Crippen LogP contribution in [0.1, 0.15) is 24.8 Å². The highest BCUT2D eigenvalue weighted by molar-refractivity contribution is 5.75. The van der Waals surface area contributed by atoms with E-state index in [0.717, 1.165) is 36.4 Å². The van der Waals surface area contributed by atoms with Gasteiger partial charge in [0.25, 0.3) is 0 Å². The van der Waals surface area contributed by atoms with Gasteiger partial charge in [-0.2, -0.15) is 0 Å². The van der Waals surface area contributed by atoms with Crippen LogP contribution in [0, 0.1) is 0 Å². The van der Waals surface area contributed by atoms with Gasteiger partial charge in [-0.25, -0.2) is 0 Å². The second-order valence-electron chi connectivity index (χ2n) is 4.82. The van der Waals surface area contributed by atoms with Crippen molar-refractivity contribution in [3.8, 4) is 11.5 Å². The summed E-state index contributed by atoms with van der Waals surface area (Å²) in [5.41, 5.74) is 1.02. The molecule has 1 aromatic carbocycles. The molecule has 2 rings (SSSR count). The topological polar surface area (TPSA) is 59.6 Å². The second-order valence-corrected chi connectivity index (χ2v) is 4.82. The molecule has 1 aromatic rings. The van der Waals surface area contributed by atoms with Gasteiger partial charge in [0.1, 0.15) is 0 Å². The number of hydrogen-bond acceptors (Lipinski definition) is 4. The number of carbonyl (C=O) groups is 1. The summed E-state index contributed by atoms with van der Waals surface area (Å²) in [4.78, 5) is 11.6. The summed E-state index contributed by atoms with van der Waals surface area (Å²) in [6.07, 6.45) is 2.29. The van der Waals surface area contributed by atoms with E-state index in [1.165, 1.54) is 0 Å². The van der Waals surface area contributed by atoms with Gasteiger partial charge in [-0.3, -0.25) is 4.79 Å². The van der Waals surface area contributed by atoms with Crippen LogP contribution < -0.4 is 20.1 Å². The van der Waals surface area contributed by atoms with E-state index in [1.807, 2.05) is 25.2 Å². The zero-order valence-corrected chi connectivity index (χ0v) is 11.9. The molecular weight excluding hydrogens is 256 g/mol. The van der Waals surface area contributed by atoms with Gasteiger partial charge >= 0.3 is 0 Å². The molecule has 0 atom stereocenters. The summed E-state index contributed by atoms with van der Waals surface area (Å²) in [7, 11) is 1.88. The molecule has 1 aliphatic heterocycles. The molecule has 0 fully saturated rings. The Kier molecular flexibility index (Phi) is 5.68. The third-order valence-corrected chi connectivity index (χ3v) is 3.13. The Bertz CT molecular complexity index is 449. The van der Waals surface area contributed by atoms with Crippen molar-refractivity contribution in [2.24, 2.45) is 0 Å². The van der Waals surface area contributed by atoms with E-state index in [9.17, 15) is 4.79 Å². The quantitative estimate of drug-likeness (QED) is 0.774. The Labute approximate surface area is 119 Å². The van der Waals surface area contributed by atoms with Crippen molar-refractivity contribution in [1.29, 1.82) is 0 Å². The Morgan fingerprint density at radius 2 is 2.05 bits per heavy atom. The normalized spacial score (nSPS) is 13.7. The van der Waals surface area contributed by atoms with Gasteiger partial charge < -0.3 is 20.1 Å². The van der Waals surface area contributed by atoms with E-state index >= 15 is 0 Å². The molecular formula is C15H22N2O3. The maximum Gasteiger partial charge on any atom is 0.220 e. The third-order valence-electron chi connectivity index (χ3n) is 3.13. The van der Waals surface area contributed by atoms with Gasteiger partial charge in [-0.15, -0.1) is 0 Å². The van der Waals surface area contributed by atoms with Crippen molar-refractivity contribution in [2.75, 3.05) is 26.8 Å². The molecule has 0 saturated heterocycles. The average Bonchev–Trinajstić information content (AvgIpc) is 2.70. The average molecular weight is 278 g/mol. The summed E-state index contributed by atoms with van der Waals surface area (Å²) in [6.45, 7) is 2.74. The van der Waals surface area contributed by atoms with E-state index < -0.39 is 0 Å². The lowest BCUT2D eigenvalue weighted by molar-refractivity contribution is -0.121. The van der Waals surface area contributed by atoms with Gasteiger partial charge in [0, 0.05) is 19.4 Å². The van der Waals surface area contributed by atoms with Crippen LogP contribution in [0.4, 0.5) is 0 Å². The molecule has 2 N–H and O–H groups in total. The number of amides is 1. The van der Waals surface area contributed by atoms with Crippen molar-refractivity contribution in [1.82, 2.24) is 10.6 Å². The minimum absolute atomic E-state index is 0.0763. The number of benzene rings is 1. The molecule has 0 bridgehead atoms. The van der Waals surface area contributed by atoms with E-state index in [0.29, 0.717) is 26.2 Å². The number of hydrogen-bond donors (Lipinski definition) is 2. The zero-order valence-electron chi connectivity index (χ0n) is 11.9. The molecule has 0 saturated carbocycles. The first-order chi connectivity index (χ1) is 9.79. The molecule has 0 unspecified atom stereocenters. The van der Waals surface area contributed by atoms with Gasteiger partial charge in [-0.1, -0.05) is 6.07 Å². The molecule has 0 radical (unpaired) electrons. The minimum atomic E-state index is 0.0763. The summed E-state index contributed by atoms with van der Waals surface area (Å²) in [5.74, 6) is 1.63. The van der Waals surface area contributed by atoms with Crippen molar-refractivity contribution in [3.63, 3.8) is 0 Å². The molecule has 0 spiro atoms. The standard InChI is InChI=1S/C15H22N2O3/c1-16-7-2-4-15(18)17-11-12-5-6-13-14(10-12)20-9-3-8-19-13/h5-6,10,16H,2-4,7-9,11H2,1H3,(H,17,18). The minimum Gasteiger partial charge on any atom is -0.490 e. The summed E-state index contributed by atoms with van der Waals surface area (Å²) in [5, 5.41) is 5.94. The number of ether oxygens (including phenoxy) is 2. The highest BCUT2D eigenvalue weighted by Gasteiger charge is 2.10. The predicted octanol–water partition coefficient (Wildman–Crippen LogP) is 1.46. The van der Waals surface area contributed by atoms with Crippen LogP contribution in [0.25, 0.3) is 0 Å². The molecule has 5 heteroatoms. The number of rotatable bonds is 6. The van der Waals surface area contributed by atoms with Crippen LogP contribution in [0.3, 0.4) is 0 Å². The van der Waals surface area contributed by atoms with E-state index in [4.69, 9.17) is 9.47 Å². The number of nitrogens with one attached hydrogen (secondary N) is 2. The molecule has 110 valence electrons. The smallest absolute Gasteiger partial charge is 0.220 e. The summed E-state index contributed by atoms with van der Waals surface area (Å²) in [6, 6.07) is 5.80. The van der Waals surface area contributed by atoms with Crippen LogP contribution in [0.5, 0.6) is 11.5 Å². The third kappa shape index (κ3) is 4.42. The Morgan fingerprint density at radius 3 is 2.85 bits per heavy atom. The van der Waals surface area contributed by atoms with Crippen molar-refractivity contribution >= 4 is 5.91 Å². The first-order valence-corrected chi connectivity index (χ1v) is 7.09. The fourth-order valence-electron chi connectivity index (χ4n) is 2.03. The van der Waals surface area contributed by atoms with E-state index in [1.54, 1.807) is 0 Å². The first kappa shape index (κ1) is 14.7. The highest BCUT2D eigenvalue weighted by Crippen LogP contribution is 2.30. The monoisotopic (exact) mass is 278 g/mol. The lowest BCUT2D eigenvalue weighted by atomic mass is 10.2. The van der Waals surface area contributed by atoms with E-state index in [2.05, 4.69) is 10.6 Å². The van der Waals surface area contributed by atoms with Crippen LogP contribution in [0.2, 0.25) is 0 Å². The Morgan fingerprint density at radius 1 is 1.25 bits per heavy atom. The van der Waals surface area contributed by atoms with Gasteiger partial charge in [0.2, 0.25) is 5.91 Å². The van der Waals surface area contributed by atoms with Gasteiger partial charge in [0.05, 0.1) is 13.2 Å². The molecule has 20 heavy (non-hydrogen) atoms. The molecule has 1 aliphatic rings. The fourth-order valence-corrected chi connectivity index (χ4v) is 2.03. The van der Waals surface area contributed by atoms with Gasteiger partial charge in [-0.05, 0) is 37.7 Å². The molecule has 0 aromatic heterocycles. The van der Waals surface area contributed by atoms with Crippen molar-refractivity contribution in [3.05, 3.63) is 23.8 Å². The van der Waals surface area contributed by atoms with E-state index in [-0.39, 0.29) is 5.91 Å². The summed E-state index contributed by atoms with van der Waals surface area (Å²) < 4.78 is 11.2. The largest absolute Gasteiger partial charge is 0.490 e. The SMILES string of the molecule is CNCCCC(=O)NCc1ccc2c(c1)OCCCO2. The van der Waals surface area contributed by atoms with Gasteiger partial charge in [0.15, 0.2) is 11.5 Å². The van der Waals surface area contributed by atoms with Crippen molar-refractivity contribution < 1.29 is 14.3 Å². The molecule has 1 amide bonds. The number of carbonyl (C=O) groups excluding carboxylic acids is 1. The molecule has 5 nitrogen and oxygen atoms in total. The first-order valence-electron chi connectivity index (χ1n) is 7.09. The number of fused-ring (bicyclic) bond motifs is 1. The van der Waals surface area contributed by atoms with Crippen LogP contribution in [-0.2, 0) is 11.3 Å². The molecule has 0 aliphatic carbocycles. The predicted molar refractivity (Wildman–Crippen MR) is 77.1 cm³/mol. The Balaban J connectivity index is 1.84. The highest BCUT2D eigenvalue weighted by atomic mass is 16.5. The van der Waals surface area contributed by atoms with Crippen LogP contribution in [0.15, 0.2) is 18.2 Å². The lowest BCUT2D eigenvalue weighted by Gasteiger charge is -2.10. The Hall–Kier alpha value is -1.75. The van der Waals surface area contributed by atoms with Crippen LogP contribution >= 0.6 is 0 Å². The lowest BCUT2D eigenvalue weighted by Crippen LogP contribution is -2.23.